The van der Waals surface area contributed by atoms with Gasteiger partial charge in [-0.15, -0.1) is 26.3 Å². The highest BCUT2D eigenvalue weighted by atomic mass is 19.4. The molecule has 0 spiro atoms. The molecule has 0 atom stereocenters. The van der Waals surface area contributed by atoms with Crippen LogP contribution in [0.3, 0.4) is 0 Å². The van der Waals surface area contributed by atoms with Crippen molar-refractivity contribution in [2.45, 2.75) is 12.7 Å². The van der Waals surface area contributed by atoms with Crippen LogP contribution in [0.2, 0.25) is 0 Å². The Bertz CT molecular complexity index is 670. The van der Waals surface area contributed by atoms with E-state index in [-0.39, 0.29) is 5.69 Å². The van der Waals surface area contributed by atoms with E-state index < -0.39 is 24.2 Å². The zero-order chi connectivity index (χ0) is 17.8. The first-order chi connectivity index (χ1) is 11.1. The minimum Gasteiger partial charge on any atom is -0.406 e. The number of ether oxygens (including phenoxy) is 2. The average Bonchev–Trinajstić information content (AvgIpc) is 2.45. The second-order valence-electron chi connectivity index (χ2n) is 4.37. The van der Waals surface area contributed by atoms with E-state index in [0.29, 0.717) is 5.69 Å². The number of para-hydroxylation sites is 2. The summed E-state index contributed by atoms with van der Waals surface area (Å²) in [6, 6.07) is 9.88. The Hall–Kier alpha value is -2.78. The summed E-state index contributed by atoms with van der Waals surface area (Å²) in [4.78, 5) is 0. The van der Waals surface area contributed by atoms with Crippen LogP contribution in [-0.2, 0) is 0 Å². The van der Waals surface area contributed by atoms with Crippen LogP contribution in [0.1, 0.15) is 0 Å². The van der Waals surface area contributed by atoms with Crippen LogP contribution in [0.5, 0.6) is 11.5 Å². The Morgan fingerprint density at radius 2 is 1.25 bits per heavy atom. The summed E-state index contributed by atoms with van der Waals surface area (Å²) in [5, 5.41) is 0. The smallest absolute Gasteiger partial charge is 0.406 e. The minimum atomic E-state index is -4.85. The topological polar surface area (TPSA) is 42.5 Å². The maximum Gasteiger partial charge on any atom is 0.573 e. The monoisotopic (exact) mass is 352 g/mol. The van der Waals surface area contributed by atoms with Crippen molar-refractivity contribution in [2.75, 3.05) is 10.9 Å². The third-order valence-corrected chi connectivity index (χ3v) is 2.54. The Morgan fingerprint density at radius 1 is 0.667 bits per heavy atom. The molecule has 0 aliphatic rings. The van der Waals surface area contributed by atoms with E-state index in [1.807, 2.05) is 0 Å². The van der Waals surface area contributed by atoms with Crippen molar-refractivity contribution in [3.05, 3.63) is 48.5 Å². The van der Waals surface area contributed by atoms with Gasteiger partial charge in [0.15, 0.2) is 5.75 Å². The average molecular weight is 352 g/mol. The summed E-state index contributed by atoms with van der Waals surface area (Å²) in [5.74, 6) is -0.886. The molecule has 0 heterocycles. The molecular formula is C14H10F6N2O2. The highest BCUT2D eigenvalue weighted by molar-refractivity contribution is 5.60. The predicted octanol–water partition coefficient (Wildman–Crippen LogP) is 4.92. The van der Waals surface area contributed by atoms with Gasteiger partial charge in [0, 0.05) is 0 Å². The predicted molar refractivity (Wildman–Crippen MR) is 73.5 cm³/mol. The Morgan fingerprint density at radius 3 is 1.83 bits per heavy atom. The van der Waals surface area contributed by atoms with Gasteiger partial charge >= 0.3 is 12.7 Å². The van der Waals surface area contributed by atoms with Gasteiger partial charge in [0.1, 0.15) is 5.75 Å². The fourth-order valence-corrected chi connectivity index (χ4v) is 1.66. The summed E-state index contributed by atoms with van der Waals surface area (Å²) in [6.07, 6.45) is -9.66. The highest BCUT2D eigenvalue weighted by Gasteiger charge is 2.32. The van der Waals surface area contributed by atoms with E-state index in [0.717, 1.165) is 18.2 Å². The van der Waals surface area contributed by atoms with Gasteiger partial charge in [-0.1, -0.05) is 12.1 Å². The molecule has 2 aromatic carbocycles. The number of rotatable bonds is 5. The van der Waals surface area contributed by atoms with Crippen molar-refractivity contribution in [1.29, 1.82) is 0 Å². The molecule has 0 bridgehead atoms. The van der Waals surface area contributed by atoms with E-state index in [4.69, 9.17) is 0 Å². The summed E-state index contributed by atoms with van der Waals surface area (Å²) in [5.41, 5.74) is 5.31. The maximum absolute atomic E-state index is 12.3. The quantitative estimate of drug-likeness (QED) is 0.592. The lowest BCUT2D eigenvalue weighted by Crippen LogP contribution is -2.19. The van der Waals surface area contributed by atoms with Crippen molar-refractivity contribution >= 4 is 11.4 Å². The van der Waals surface area contributed by atoms with Gasteiger partial charge in [0.25, 0.3) is 0 Å². The Kier molecular flexibility index (Phi) is 4.96. The Balaban J connectivity index is 2.01. The maximum atomic E-state index is 12.3. The number of hydrogen-bond donors (Lipinski definition) is 2. The molecular weight excluding hydrogens is 342 g/mol. The van der Waals surface area contributed by atoms with Crippen LogP contribution in [0.25, 0.3) is 0 Å². The van der Waals surface area contributed by atoms with Gasteiger partial charge in [-0.05, 0) is 36.4 Å². The molecule has 0 amide bonds. The molecule has 24 heavy (non-hydrogen) atoms. The fraction of sp³-hybridized carbons (Fsp3) is 0.143. The lowest BCUT2D eigenvalue weighted by Gasteiger charge is -2.16. The lowest BCUT2D eigenvalue weighted by molar-refractivity contribution is -0.275. The summed E-state index contributed by atoms with van der Waals surface area (Å²) in [6.45, 7) is 0. The number of halogens is 6. The van der Waals surface area contributed by atoms with E-state index >= 15 is 0 Å². The van der Waals surface area contributed by atoms with Crippen LogP contribution in [-0.4, -0.2) is 12.7 Å². The molecule has 4 nitrogen and oxygen atoms in total. The second kappa shape index (κ2) is 6.77. The second-order valence-corrected chi connectivity index (χ2v) is 4.37. The molecule has 0 saturated heterocycles. The van der Waals surface area contributed by atoms with E-state index in [2.05, 4.69) is 20.3 Å². The summed E-state index contributed by atoms with van der Waals surface area (Å²) >= 11 is 0. The standard InChI is InChI=1S/C14H10F6N2O2/c15-13(16,17)23-10-7-5-9(6-8-10)21-22-11-3-1-2-4-12(11)24-14(18,19)20/h1-8,21-22H. The Labute approximate surface area is 132 Å². The van der Waals surface area contributed by atoms with Crippen LogP contribution in [0, 0.1) is 0 Å². The molecule has 0 unspecified atom stereocenters. The summed E-state index contributed by atoms with van der Waals surface area (Å²) in [7, 11) is 0. The molecule has 0 fully saturated rings. The molecule has 0 aromatic heterocycles. The number of alkyl halides is 6. The number of hydrazine groups is 1. The van der Waals surface area contributed by atoms with Gasteiger partial charge in [-0.3, -0.25) is 5.43 Å². The van der Waals surface area contributed by atoms with Crippen molar-refractivity contribution in [3.8, 4) is 11.5 Å². The first-order valence-corrected chi connectivity index (χ1v) is 6.35. The molecule has 2 N–H and O–H groups in total. The number of hydrogen-bond acceptors (Lipinski definition) is 4. The van der Waals surface area contributed by atoms with Gasteiger partial charge in [-0.25, -0.2) is 0 Å². The van der Waals surface area contributed by atoms with Crippen LogP contribution in [0.15, 0.2) is 48.5 Å². The molecule has 0 radical (unpaired) electrons. The van der Waals surface area contributed by atoms with Crippen molar-refractivity contribution < 1.29 is 35.8 Å². The zero-order valence-corrected chi connectivity index (χ0v) is 11.7. The number of anilines is 2. The van der Waals surface area contributed by atoms with Gasteiger partial charge in [0.2, 0.25) is 0 Å². The first kappa shape index (κ1) is 17.6. The molecule has 0 saturated carbocycles. The summed E-state index contributed by atoms with van der Waals surface area (Å²) < 4.78 is 80.5. The fourth-order valence-electron chi connectivity index (χ4n) is 1.66. The third kappa shape index (κ3) is 5.78. The van der Waals surface area contributed by atoms with Crippen LogP contribution in [0.4, 0.5) is 37.7 Å². The molecule has 2 aromatic rings. The molecule has 0 aliphatic heterocycles. The molecule has 0 aliphatic carbocycles. The molecule has 130 valence electrons. The van der Waals surface area contributed by atoms with Gasteiger partial charge in [-0.2, -0.15) is 0 Å². The van der Waals surface area contributed by atoms with E-state index in [1.54, 1.807) is 0 Å². The van der Waals surface area contributed by atoms with Crippen LogP contribution < -0.4 is 20.3 Å². The van der Waals surface area contributed by atoms with Gasteiger partial charge < -0.3 is 14.9 Å². The molecule has 2 rings (SSSR count). The minimum absolute atomic E-state index is 0.00885. The van der Waals surface area contributed by atoms with E-state index in [1.165, 1.54) is 30.3 Å². The highest BCUT2D eigenvalue weighted by Crippen LogP contribution is 2.30. The SMILES string of the molecule is FC(F)(F)Oc1ccc(NNc2ccccc2OC(F)(F)F)cc1. The van der Waals surface area contributed by atoms with Crippen molar-refractivity contribution in [2.24, 2.45) is 0 Å². The third-order valence-electron chi connectivity index (χ3n) is 2.54. The lowest BCUT2D eigenvalue weighted by atomic mass is 10.3. The van der Waals surface area contributed by atoms with E-state index in [9.17, 15) is 26.3 Å². The van der Waals surface area contributed by atoms with Crippen molar-refractivity contribution in [3.63, 3.8) is 0 Å². The largest absolute Gasteiger partial charge is 0.573 e. The number of benzene rings is 2. The normalized spacial score (nSPS) is 11.8. The molecule has 10 heteroatoms. The number of nitrogens with one attached hydrogen (secondary N) is 2. The van der Waals surface area contributed by atoms with Crippen molar-refractivity contribution in [1.82, 2.24) is 0 Å². The zero-order valence-electron chi connectivity index (χ0n) is 11.7. The first-order valence-electron chi connectivity index (χ1n) is 6.35. The van der Waals surface area contributed by atoms with Gasteiger partial charge in [0.05, 0.1) is 11.4 Å². The van der Waals surface area contributed by atoms with Crippen LogP contribution >= 0.6 is 0 Å².